The first-order valence-electron chi connectivity index (χ1n) is 2.62. The van der Waals surface area contributed by atoms with E-state index in [4.69, 9.17) is 11.6 Å². The Labute approximate surface area is 72.8 Å². The average molecular weight is 215 g/mol. The molecule has 0 saturated heterocycles. The summed E-state index contributed by atoms with van der Waals surface area (Å²) in [5.41, 5.74) is 0.319. The second-order valence-corrected chi connectivity index (χ2v) is 4.45. The van der Waals surface area contributed by atoms with Crippen LogP contribution in [0.3, 0.4) is 0 Å². The molecule has 0 aliphatic carbocycles. The number of hydrogen-bond acceptors (Lipinski definition) is 3. The normalized spacial score (nSPS) is 11.8. The van der Waals surface area contributed by atoms with Crippen LogP contribution < -0.4 is 0 Å². The van der Waals surface area contributed by atoms with Gasteiger partial charge in [0.2, 0.25) is 0 Å². The lowest BCUT2D eigenvalue weighted by atomic mass is 10.4. The van der Waals surface area contributed by atoms with Crippen molar-refractivity contribution in [1.82, 2.24) is 0 Å². The lowest BCUT2D eigenvalue weighted by Crippen LogP contribution is -1.94. The summed E-state index contributed by atoms with van der Waals surface area (Å²) in [5, 5.41) is 3.37. The first kappa shape index (κ1) is 8.96. The zero-order chi connectivity index (χ0) is 8.48. The van der Waals surface area contributed by atoms with Gasteiger partial charge in [-0.15, -0.1) is 3.89 Å². The fourth-order valence-electron chi connectivity index (χ4n) is 0.597. The van der Waals surface area contributed by atoms with Gasteiger partial charge in [-0.25, -0.2) is 0 Å². The highest BCUT2D eigenvalue weighted by atomic mass is 35.5. The quantitative estimate of drug-likeness (QED) is 0.708. The van der Waals surface area contributed by atoms with Crippen LogP contribution in [0.1, 0.15) is 5.56 Å². The van der Waals surface area contributed by atoms with Crippen LogP contribution in [0, 0.1) is 0 Å². The van der Waals surface area contributed by atoms with Gasteiger partial charge < -0.3 is 0 Å². The summed E-state index contributed by atoms with van der Waals surface area (Å²) >= 11 is 6.77. The number of thiophene rings is 1. The molecule has 0 unspecified atom stereocenters. The van der Waals surface area contributed by atoms with Crippen molar-refractivity contribution in [3.8, 4) is 0 Å². The van der Waals surface area contributed by atoms with Gasteiger partial charge in [0.1, 0.15) is 5.75 Å². The Morgan fingerprint density at radius 2 is 2.18 bits per heavy atom. The Balaban J connectivity index is 2.89. The van der Waals surface area contributed by atoms with E-state index in [0.29, 0.717) is 10.6 Å². The lowest BCUT2D eigenvalue weighted by molar-refractivity contribution is 0.551. The Morgan fingerprint density at radius 3 is 2.55 bits per heavy atom. The maximum atomic E-state index is 12.1. The summed E-state index contributed by atoms with van der Waals surface area (Å²) in [6.45, 7) is 0. The van der Waals surface area contributed by atoms with Crippen molar-refractivity contribution in [1.29, 1.82) is 0 Å². The summed E-state index contributed by atoms with van der Waals surface area (Å²) < 4.78 is 32.3. The van der Waals surface area contributed by atoms with Crippen LogP contribution in [0.25, 0.3) is 0 Å². The Kier molecular flexibility index (Phi) is 2.51. The molecule has 6 heteroatoms. The Morgan fingerprint density at radius 1 is 1.55 bits per heavy atom. The van der Waals surface area contributed by atoms with E-state index in [9.17, 15) is 12.3 Å². The van der Waals surface area contributed by atoms with Gasteiger partial charge >= 0.3 is 10.2 Å². The average Bonchev–Trinajstić information content (AvgIpc) is 2.12. The third-order valence-corrected chi connectivity index (χ3v) is 2.95. The molecule has 1 aromatic rings. The molecule has 1 rings (SSSR count). The molecule has 0 atom stereocenters. The predicted molar refractivity (Wildman–Crippen MR) is 43.1 cm³/mol. The van der Waals surface area contributed by atoms with Gasteiger partial charge in [-0.05, 0) is 10.9 Å². The third-order valence-electron chi connectivity index (χ3n) is 1.02. The van der Waals surface area contributed by atoms with E-state index in [-0.39, 0.29) is 0 Å². The third kappa shape index (κ3) is 2.76. The highest BCUT2D eigenvalue weighted by Gasteiger charge is 2.11. The minimum atomic E-state index is -4.45. The van der Waals surface area contributed by atoms with E-state index in [0.717, 1.165) is 0 Å². The molecule has 62 valence electrons. The summed E-state index contributed by atoms with van der Waals surface area (Å²) in [6.07, 6.45) is 0. The molecule has 0 fully saturated rings. The Hall–Kier alpha value is -0.130. The van der Waals surface area contributed by atoms with E-state index in [1.165, 1.54) is 16.7 Å². The monoisotopic (exact) mass is 214 g/mol. The number of halogens is 2. The fraction of sp³-hybridized carbons (Fsp3) is 0.200. The second-order valence-electron chi connectivity index (χ2n) is 1.93. The van der Waals surface area contributed by atoms with Gasteiger partial charge in [-0.1, -0.05) is 11.6 Å². The largest absolute Gasteiger partial charge is 0.306 e. The van der Waals surface area contributed by atoms with Crippen LogP contribution in [0.15, 0.2) is 10.8 Å². The molecule has 0 aromatic carbocycles. The summed E-state index contributed by atoms with van der Waals surface area (Å²) in [7, 11) is -4.45. The topological polar surface area (TPSA) is 34.1 Å². The van der Waals surface area contributed by atoms with E-state index in [1.807, 2.05) is 0 Å². The summed E-state index contributed by atoms with van der Waals surface area (Å²) in [6, 6.07) is 0. The van der Waals surface area contributed by atoms with Crippen molar-refractivity contribution in [2.24, 2.45) is 0 Å². The predicted octanol–water partition coefficient (Wildman–Crippen LogP) is 2.20. The smallest absolute Gasteiger partial charge is 0.194 e. The standard InChI is InChI=1S/C5H4ClFO2S2/c6-5-2-10-1-4(5)3-11(7,8)9/h1-2H,3H2. The fourth-order valence-corrected chi connectivity index (χ4v) is 2.45. The molecule has 0 spiro atoms. The highest BCUT2D eigenvalue weighted by molar-refractivity contribution is 7.85. The molecular weight excluding hydrogens is 211 g/mol. The SMILES string of the molecule is O=S(=O)(F)Cc1cscc1Cl. The van der Waals surface area contributed by atoms with Gasteiger partial charge in [0.05, 0.1) is 5.02 Å². The zero-order valence-electron chi connectivity index (χ0n) is 5.25. The molecular formula is C5H4ClFO2S2. The van der Waals surface area contributed by atoms with E-state index < -0.39 is 16.0 Å². The van der Waals surface area contributed by atoms with Crippen LogP contribution in [-0.4, -0.2) is 8.42 Å². The number of hydrogen-bond donors (Lipinski definition) is 0. The summed E-state index contributed by atoms with van der Waals surface area (Å²) in [5.74, 6) is -0.630. The molecule has 2 nitrogen and oxygen atoms in total. The first-order chi connectivity index (χ1) is 4.99. The van der Waals surface area contributed by atoms with Crippen LogP contribution in [0.4, 0.5) is 3.89 Å². The van der Waals surface area contributed by atoms with Gasteiger partial charge in [0.25, 0.3) is 0 Å². The molecule has 1 aromatic heterocycles. The van der Waals surface area contributed by atoms with Crippen molar-refractivity contribution >= 4 is 33.2 Å². The molecule has 1 heterocycles. The van der Waals surface area contributed by atoms with E-state index in [1.54, 1.807) is 5.38 Å². The minimum Gasteiger partial charge on any atom is -0.194 e. The van der Waals surface area contributed by atoms with Crippen molar-refractivity contribution < 1.29 is 12.3 Å². The minimum absolute atomic E-state index is 0.302. The van der Waals surface area contributed by atoms with Crippen molar-refractivity contribution in [2.45, 2.75) is 5.75 Å². The number of rotatable bonds is 2. The molecule has 11 heavy (non-hydrogen) atoms. The molecule has 0 amide bonds. The van der Waals surface area contributed by atoms with Crippen molar-refractivity contribution in [2.75, 3.05) is 0 Å². The molecule has 0 aliphatic rings. The van der Waals surface area contributed by atoms with Crippen LogP contribution >= 0.6 is 22.9 Å². The molecule has 0 saturated carbocycles. The van der Waals surface area contributed by atoms with E-state index >= 15 is 0 Å². The molecule has 0 radical (unpaired) electrons. The first-order valence-corrected chi connectivity index (χ1v) is 5.49. The van der Waals surface area contributed by atoms with E-state index in [2.05, 4.69) is 0 Å². The summed E-state index contributed by atoms with van der Waals surface area (Å²) in [4.78, 5) is 0. The van der Waals surface area contributed by atoms with Crippen molar-refractivity contribution in [3.63, 3.8) is 0 Å². The zero-order valence-corrected chi connectivity index (χ0v) is 7.64. The van der Waals surface area contributed by atoms with Crippen LogP contribution in [-0.2, 0) is 16.0 Å². The molecule has 0 bridgehead atoms. The molecule has 0 aliphatic heterocycles. The molecule has 0 N–H and O–H groups in total. The van der Waals surface area contributed by atoms with Gasteiger partial charge in [0.15, 0.2) is 0 Å². The van der Waals surface area contributed by atoms with Crippen LogP contribution in [0.2, 0.25) is 5.02 Å². The second kappa shape index (κ2) is 3.08. The van der Waals surface area contributed by atoms with Gasteiger partial charge in [-0.2, -0.15) is 19.8 Å². The van der Waals surface area contributed by atoms with Gasteiger partial charge in [-0.3, -0.25) is 0 Å². The maximum absolute atomic E-state index is 12.1. The van der Waals surface area contributed by atoms with Gasteiger partial charge in [0, 0.05) is 5.38 Å². The highest BCUT2D eigenvalue weighted by Crippen LogP contribution is 2.22. The van der Waals surface area contributed by atoms with Crippen LogP contribution in [0.5, 0.6) is 0 Å². The Bertz CT molecular complexity index is 343. The van der Waals surface area contributed by atoms with Crippen molar-refractivity contribution in [3.05, 3.63) is 21.3 Å². The lowest BCUT2D eigenvalue weighted by Gasteiger charge is -1.91. The maximum Gasteiger partial charge on any atom is 0.306 e.